The SMILES string of the molecule is COC(C)(C)c1noc(C2CNCc3ccccc32)n1. The third-order valence-electron chi connectivity index (χ3n) is 3.88. The minimum atomic E-state index is -0.538. The normalized spacial score (nSPS) is 18.9. The highest BCUT2D eigenvalue weighted by molar-refractivity contribution is 5.35. The predicted molar refractivity (Wildman–Crippen MR) is 74.3 cm³/mol. The van der Waals surface area contributed by atoms with Gasteiger partial charge in [0, 0.05) is 20.2 Å². The molecule has 1 aromatic carbocycles. The second kappa shape index (κ2) is 5.00. The van der Waals surface area contributed by atoms with E-state index in [0.29, 0.717) is 11.7 Å². The van der Waals surface area contributed by atoms with Crippen molar-refractivity contribution in [2.24, 2.45) is 0 Å². The average Bonchev–Trinajstić information content (AvgIpc) is 2.97. The number of aromatic nitrogens is 2. The first kappa shape index (κ1) is 13.3. The monoisotopic (exact) mass is 273 g/mol. The van der Waals surface area contributed by atoms with Crippen molar-refractivity contribution in [3.8, 4) is 0 Å². The molecule has 5 nitrogen and oxygen atoms in total. The Morgan fingerprint density at radius 2 is 2.15 bits per heavy atom. The first-order chi connectivity index (χ1) is 9.62. The number of methoxy groups -OCH3 is 1. The van der Waals surface area contributed by atoms with Crippen molar-refractivity contribution in [1.82, 2.24) is 15.5 Å². The van der Waals surface area contributed by atoms with Crippen LogP contribution >= 0.6 is 0 Å². The van der Waals surface area contributed by atoms with Crippen molar-refractivity contribution in [3.63, 3.8) is 0 Å². The highest BCUT2D eigenvalue weighted by Gasteiger charge is 2.30. The molecule has 0 spiro atoms. The minimum Gasteiger partial charge on any atom is -0.371 e. The summed E-state index contributed by atoms with van der Waals surface area (Å²) in [6, 6.07) is 8.36. The topological polar surface area (TPSA) is 60.2 Å². The third-order valence-corrected chi connectivity index (χ3v) is 3.88. The van der Waals surface area contributed by atoms with Crippen molar-refractivity contribution >= 4 is 0 Å². The maximum absolute atomic E-state index is 5.47. The summed E-state index contributed by atoms with van der Waals surface area (Å²) in [7, 11) is 1.65. The third kappa shape index (κ3) is 2.23. The van der Waals surface area contributed by atoms with Crippen molar-refractivity contribution in [2.45, 2.75) is 31.9 Å². The Hall–Kier alpha value is -1.72. The fourth-order valence-electron chi connectivity index (χ4n) is 2.43. The van der Waals surface area contributed by atoms with E-state index in [0.717, 1.165) is 13.1 Å². The average molecular weight is 273 g/mol. The van der Waals surface area contributed by atoms with Gasteiger partial charge in [-0.05, 0) is 25.0 Å². The van der Waals surface area contributed by atoms with E-state index in [1.54, 1.807) is 7.11 Å². The summed E-state index contributed by atoms with van der Waals surface area (Å²) < 4.78 is 10.9. The van der Waals surface area contributed by atoms with Gasteiger partial charge < -0.3 is 14.6 Å². The van der Waals surface area contributed by atoms with Crippen LogP contribution < -0.4 is 5.32 Å². The lowest BCUT2D eigenvalue weighted by molar-refractivity contribution is 0.00973. The molecule has 5 heteroatoms. The summed E-state index contributed by atoms with van der Waals surface area (Å²) in [4.78, 5) is 4.53. The van der Waals surface area contributed by atoms with Crippen LogP contribution in [0.1, 0.15) is 42.6 Å². The van der Waals surface area contributed by atoms with Gasteiger partial charge in [0.2, 0.25) is 11.7 Å². The lowest BCUT2D eigenvalue weighted by Crippen LogP contribution is -2.29. The second-order valence-corrected chi connectivity index (χ2v) is 5.55. The van der Waals surface area contributed by atoms with Crippen LogP contribution in [0.5, 0.6) is 0 Å². The van der Waals surface area contributed by atoms with Gasteiger partial charge in [-0.2, -0.15) is 4.98 Å². The van der Waals surface area contributed by atoms with Crippen LogP contribution in [0, 0.1) is 0 Å². The molecule has 0 radical (unpaired) electrons. The molecule has 0 saturated carbocycles. The number of nitrogens with one attached hydrogen (secondary N) is 1. The van der Waals surface area contributed by atoms with Gasteiger partial charge in [0.25, 0.3) is 0 Å². The van der Waals surface area contributed by atoms with Crippen LogP contribution in [-0.4, -0.2) is 23.8 Å². The van der Waals surface area contributed by atoms with Gasteiger partial charge in [-0.3, -0.25) is 0 Å². The molecule has 0 aliphatic carbocycles. The molecule has 1 unspecified atom stereocenters. The molecule has 0 saturated heterocycles. The fourth-order valence-corrected chi connectivity index (χ4v) is 2.43. The van der Waals surface area contributed by atoms with E-state index in [-0.39, 0.29) is 5.92 Å². The van der Waals surface area contributed by atoms with Gasteiger partial charge in [0.15, 0.2) is 0 Å². The maximum Gasteiger partial charge on any atom is 0.235 e. The molecule has 20 heavy (non-hydrogen) atoms. The number of fused-ring (bicyclic) bond motifs is 1. The minimum absolute atomic E-state index is 0.105. The van der Waals surface area contributed by atoms with Crippen LogP contribution in [-0.2, 0) is 16.9 Å². The van der Waals surface area contributed by atoms with E-state index in [2.05, 4.69) is 33.7 Å². The van der Waals surface area contributed by atoms with Crippen LogP contribution in [0.2, 0.25) is 0 Å². The van der Waals surface area contributed by atoms with Crippen molar-refractivity contribution in [1.29, 1.82) is 0 Å². The smallest absolute Gasteiger partial charge is 0.235 e. The molecule has 1 atom stereocenters. The summed E-state index contributed by atoms with van der Waals surface area (Å²) in [5.74, 6) is 1.33. The van der Waals surface area contributed by atoms with Crippen LogP contribution in [0.4, 0.5) is 0 Å². The lowest BCUT2D eigenvalue weighted by Gasteiger charge is -2.23. The van der Waals surface area contributed by atoms with E-state index in [1.165, 1.54) is 11.1 Å². The molecular weight excluding hydrogens is 254 g/mol. The molecular formula is C15H19N3O2. The Morgan fingerprint density at radius 3 is 2.95 bits per heavy atom. The molecule has 0 amide bonds. The Balaban J connectivity index is 1.95. The zero-order valence-electron chi connectivity index (χ0n) is 12.0. The predicted octanol–water partition coefficient (Wildman–Crippen LogP) is 2.19. The molecule has 1 aliphatic heterocycles. The van der Waals surface area contributed by atoms with Gasteiger partial charge in [0.05, 0.1) is 5.92 Å². The number of ether oxygens (including phenoxy) is 1. The fraction of sp³-hybridized carbons (Fsp3) is 0.467. The molecule has 106 valence electrons. The Kier molecular flexibility index (Phi) is 3.31. The maximum atomic E-state index is 5.47. The first-order valence-corrected chi connectivity index (χ1v) is 6.79. The Morgan fingerprint density at radius 1 is 1.35 bits per heavy atom. The zero-order chi connectivity index (χ0) is 14.2. The molecule has 1 N–H and O–H groups in total. The number of rotatable bonds is 3. The lowest BCUT2D eigenvalue weighted by atomic mass is 9.91. The highest BCUT2D eigenvalue weighted by atomic mass is 16.5. The van der Waals surface area contributed by atoms with Crippen LogP contribution in [0.15, 0.2) is 28.8 Å². The number of hydrogen-bond acceptors (Lipinski definition) is 5. The van der Waals surface area contributed by atoms with Gasteiger partial charge in [-0.25, -0.2) is 0 Å². The summed E-state index contributed by atoms with van der Waals surface area (Å²) >= 11 is 0. The zero-order valence-corrected chi connectivity index (χ0v) is 12.0. The molecule has 0 fully saturated rings. The summed E-state index contributed by atoms with van der Waals surface area (Å²) in [6.07, 6.45) is 0. The molecule has 3 rings (SSSR count). The largest absolute Gasteiger partial charge is 0.371 e. The van der Waals surface area contributed by atoms with Gasteiger partial charge >= 0.3 is 0 Å². The highest BCUT2D eigenvalue weighted by Crippen LogP contribution is 2.30. The van der Waals surface area contributed by atoms with E-state index in [9.17, 15) is 0 Å². The molecule has 0 bridgehead atoms. The summed E-state index contributed by atoms with van der Waals surface area (Å²) in [5.41, 5.74) is 2.01. The molecule has 2 heterocycles. The van der Waals surface area contributed by atoms with Crippen LogP contribution in [0.3, 0.4) is 0 Å². The van der Waals surface area contributed by atoms with E-state index in [1.807, 2.05) is 19.9 Å². The standard InChI is InChI=1S/C15H19N3O2/c1-15(2,19-3)14-17-13(20-18-14)12-9-16-8-10-6-4-5-7-11(10)12/h4-7,12,16H,8-9H2,1-3H3. The number of nitrogens with zero attached hydrogens (tertiary/aromatic N) is 2. The van der Waals surface area contributed by atoms with Crippen molar-refractivity contribution in [3.05, 3.63) is 47.1 Å². The summed E-state index contributed by atoms with van der Waals surface area (Å²) in [5, 5.41) is 7.46. The van der Waals surface area contributed by atoms with Gasteiger partial charge in [0.1, 0.15) is 5.60 Å². The number of hydrogen-bond donors (Lipinski definition) is 1. The van der Waals surface area contributed by atoms with E-state index >= 15 is 0 Å². The first-order valence-electron chi connectivity index (χ1n) is 6.79. The van der Waals surface area contributed by atoms with E-state index in [4.69, 9.17) is 9.26 Å². The van der Waals surface area contributed by atoms with E-state index < -0.39 is 5.60 Å². The van der Waals surface area contributed by atoms with Gasteiger partial charge in [-0.15, -0.1) is 0 Å². The van der Waals surface area contributed by atoms with Crippen molar-refractivity contribution in [2.75, 3.05) is 13.7 Å². The quantitative estimate of drug-likeness (QED) is 0.929. The molecule has 1 aliphatic rings. The Labute approximate surface area is 118 Å². The van der Waals surface area contributed by atoms with Crippen LogP contribution in [0.25, 0.3) is 0 Å². The second-order valence-electron chi connectivity index (χ2n) is 5.55. The molecule has 2 aromatic rings. The van der Waals surface area contributed by atoms with Crippen molar-refractivity contribution < 1.29 is 9.26 Å². The Bertz CT molecular complexity index is 607. The summed E-state index contributed by atoms with van der Waals surface area (Å²) in [6.45, 7) is 5.55. The van der Waals surface area contributed by atoms with Gasteiger partial charge in [-0.1, -0.05) is 29.4 Å². The number of benzene rings is 1. The molecule has 1 aromatic heterocycles.